The van der Waals surface area contributed by atoms with E-state index in [9.17, 15) is 31.9 Å². The maximum atomic E-state index is 13.1. The van der Waals surface area contributed by atoms with Crippen LogP contribution in [0.25, 0.3) is 0 Å². The monoisotopic (exact) mass is 395 g/mol. The summed E-state index contributed by atoms with van der Waals surface area (Å²) in [5.74, 6) is -4.29. The minimum absolute atomic E-state index is 0.0561. The van der Waals surface area contributed by atoms with Crippen LogP contribution in [0.4, 0.5) is 23.2 Å². The van der Waals surface area contributed by atoms with E-state index in [1.54, 1.807) is 0 Å². The lowest BCUT2D eigenvalue weighted by Gasteiger charge is -2.16. The summed E-state index contributed by atoms with van der Waals surface area (Å²) in [6.45, 7) is -1.67. The number of halogens is 5. The van der Waals surface area contributed by atoms with Crippen LogP contribution < -0.4 is 10.6 Å². The van der Waals surface area contributed by atoms with Crippen LogP contribution in [-0.4, -0.2) is 48.4 Å². The van der Waals surface area contributed by atoms with Crippen LogP contribution in [0.15, 0.2) is 18.2 Å². The second kappa shape index (κ2) is 7.90. The average molecular weight is 396 g/mol. The van der Waals surface area contributed by atoms with Crippen molar-refractivity contribution in [2.24, 2.45) is 5.92 Å². The Labute approximate surface area is 150 Å². The van der Waals surface area contributed by atoms with Gasteiger partial charge in [-0.2, -0.15) is 13.2 Å². The van der Waals surface area contributed by atoms with Gasteiger partial charge in [-0.1, -0.05) is 11.6 Å². The maximum absolute atomic E-state index is 13.1. The highest BCUT2D eigenvalue weighted by atomic mass is 35.5. The standard InChI is InChI=1S/C15H14ClF4N3O3/c16-10-5-9(1-2-11(10)17)22-12(24)8-3-4-23(6-8)14(26)13(25)21-7-15(18,19)20/h1-2,5,8H,3-4,6-7H2,(H,21,25)(H,22,24)/t8-/m0/s1. The Balaban J connectivity index is 1.88. The zero-order chi connectivity index (χ0) is 19.5. The molecule has 1 saturated heterocycles. The number of likely N-dealkylation sites (tertiary alicyclic amines) is 1. The molecule has 142 valence electrons. The number of rotatable bonds is 3. The quantitative estimate of drug-likeness (QED) is 0.606. The van der Waals surface area contributed by atoms with Gasteiger partial charge in [-0.3, -0.25) is 14.4 Å². The van der Waals surface area contributed by atoms with Gasteiger partial charge >= 0.3 is 18.0 Å². The molecule has 6 nitrogen and oxygen atoms in total. The van der Waals surface area contributed by atoms with Gasteiger partial charge in [0.15, 0.2) is 0 Å². The van der Waals surface area contributed by atoms with Crippen molar-refractivity contribution in [3.8, 4) is 0 Å². The second-order valence-corrected chi connectivity index (χ2v) is 6.06. The second-order valence-electron chi connectivity index (χ2n) is 5.65. The molecule has 1 heterocycles. The first kappa shape index (κ1) is 20.0. The van der Waals surface area contributed by atoms with E-state index in [0.717, 1.165) is 11.0 Å². The molecule has 0 spiro atoms. The first-order chi connectivity index (χ1) is 12.1. The first-order valence-corrected chi connectivity index (χ1v) is 7.84. The molecule has 0 aromatic heterocycles. The van der Waals surface area contributed by atoms with Gasteiger partial charge in [0.2, 0.25) is 5.91 Å². The normalized spacial score (nSPS) is 17.1. The number of alkyl halides is 3. The van der Waals surface area contributed by atoms with E-state index in [1.807, 2.05) is 0 Å². The molecule has 0 radical (unpaired) electrons. The number of nitrogens with one attached hydrogen (secondary N) is 2. The van der Waals surface area contributed by atoms with Crippen molar-refractivity contribution in [1.82, 2.24) is 10.2 Å². The molecule has 2 N–H and O–H groups in total. The van der Waals surface area contributed by atoms with Gasteiger partial charge in [0, 0.05) is 18.8 Å². The summed E-state index contributed by atoms with van der Waals surface area (Å²) in [5, 5.41) is 3.82. The van der Waals surface area contributed by atoms with Gasteiger partial charge in [-0.25, -0.2) is 4.39 Å². The van der Waals surface area contributed by atoms with Crippen molar-refractivity contribution < 1.29 is 31.9 Å². The summed E-state index contributed by atoms with van der Waals surface area (Å²) in [7, 11) is 0. The molecule has 1 atom stereocenters. The van der Waals surface area contributed by atoms with Crippen LogP contribution in [0.1, 0.15) is 6.42 Å². The lowest BCUT2D eigenvalue weighted by atomic mass is 10.1. The predicted molar refractivity (Wildman–Crippen MR) is 83.8 cm³/mol. The Morgan fingerprint density at radius 1 is 1.27 bits per heavy atom. The van der Waals surface area contributed by atoms with Gasteiger partial charge < -0.3 is 15.5 Å². The number of carbonyl (C=O) groups is 3. The number of anilines is 1. The molecule has 1 aromatic carbocycles. The third-order valence-electron chi connectivity index (χ3n) is 3.68. The van der Waals surface area contributed by atoms with Gasteiger partial charge in [-0.15, -0.1) is 0 Å². The van der Waals surface area contributed by atoms with Crippen molar-refractivity contribution in [2.75, 3.05) is 25.0 Å². The lowest BCUT2D eigenvalue weighted by molar-refractivity contribution is -0.150. The summed E-state index contributed by atoms with van der Waals surface area (Å²) in [5.41, 5.74) is 0.258. The molecule has 26 heavy (non-hydrogen) atoms. The summed E-state index contributed by atoms with van der Waals surface area (Å²) < 4.78 is 49.3. The highest BCUT2D eigenvalue weighted by Crippen LogP contribution is 2.22. The van der Waals surface area contributed by atoms with Gasteiger partial charge in [0.25, 0.3) is 0 Å². The molecule has 1 aliphatic heterocycles. The van der Waals surface area contributed by atoms with E-state index in [0.29, 0.717) is 0 Å². The lowest BCUT2D eigenvalue weighted by Crippen LogP contribution is -2.45. The van der Waals surface area contributed by atoms with Gasteiger partial charge in [0.05, 0.1) is 10.9 Å². The Bertz CT molecular complexity index is 727. The van der Waals surface area contributed by atoms with E-state index in [4.69, 9.17) is 11.6 Å². The fourth-order valence-corrected chi connectivity index (χ4v) is 2.56. The van der Waals surface area contributed by atoms with Crippen LogP contribution in [0.3, 0.4) is 0 Å². The molecule has 0 bridgehead atoms. The van der Waals surface area contributed by atoms with E-state index < -0.39 is 42.2 Å². The fraction of sp³-hybridized carbons (Fsp3) is 0.400. The molecular weight excluding hydrogens is 382 g/mol. The third-order valence-corrected chi connectivity index (χ3v) is 3.97. The highest BCUT2D eigenvalue weighted by Gasteiger charge is 2.35. The number of amides is 3. The Morgan fingerprint density at radius 2 is 1.96 bits per heavy atom. The van der Waals surface area contributed by atoms with E-state index in [2.05, 4.69) is 5.32 Å². The van der Waals surface area contributed by atoms with Gasteiger partial charge in [-0.05, 0) is 24.6 Å². The number of nitrogens with zero attached hydrogens (tertiary/aromatic N) is 1. The average Bonchev–Trinajstić information content (AvgIpc) is 3.04. The van der Waals surface area contributed by atoms with Crippen LogP contribution in [0.2, 0.25) is 5.02 Å². The molecule has 2 rings (SSSR count). The minimum atomic E-state index is -4.63. The topological polar surface area (TPSA) is 78.5 Å². The molecule has 1 aliphatic rings. The van der Waals surface area contributed by atoms with Crippen LogP contribution >= 0.6 is 11.6 Å². The third kappa shape index (κ3) is 5.32. The molecule has 3 amide bonds. The summed E-state index contributed by atoms with van der Waals surface area (Å²) in [4.78, 5) is 36.5. The van der Waals surface area contributed by atoms with Crippen molar-refractivity contribution in [1.29, 1.82) is 0 Å². The number of hydrogen-bond acceptors (Lipinski definition) is 3. The molecule has 0 aliphatic carbocycles. The predicted octanol–water partition coefficient (Wildman–Crippen LogP) is 1.94. The fourth-order valence-electron chi connectivity index (χ4n) is 2.38. The van der Waals surface area contributed by atoms with Crippen molar-refractivity contribution >= 4 is 35.0 Å². The van der Waals surface area contributed by atoms with Gasteiger partial charge in [0.1, 0.15) is 12.4 Å². The van der Waals surface area contributed by atoms with Crippen molar-refractivity contribution in [3.63, 3.8) is 0 Å². The molecule has 0 saturated carbocycles. The number of hydrogen-bond donors (Lipinski definition) is 2. The zero-order valence-electron chi connectivity index (χ0n) is 13.2. The first-order valence-electron chi connectivity index (χ1n) is 7.46. The number of carbonyl (C=O) groups excluding carboxylic acids is 3. The molecule has 1 aromatic rings. The molecule has 11 heteroatoms. The summed E-state index contributed by atoms with van der Waals surface area (Å²) in [6, 6.07) is 3.60. The Kier molecular flexibility index (Phi) is 6.06. The Hall–Kier alpha value is -2.36. The van der Waals surface area contributed by atoms with E-state index >= 15 is 0 Å². The SMILES string of the molecule is O=C(NCC(F)(F)F)C(=O)N1CC[C@H](C(=O)Nc2ccc(F)c(Cl)c2)C1. The summed E-state index contributed by atoms with van der Waals surface area (Å²) >= 11 is 5.61. The summed E-state index contributed by atoms with van der Waals surface area (Å²) in [6.07, 6.45) is -4.39. The number of benzene rings is 1. The maximum Gasteiger partial charge on any atom is 0.405 e. The van der Waals surface area contributed by atoms with Crippen LogP contribution in [0, 0.1) is 11.7 Å². The minimum Gasteiger partial charge on any atom is -0.339 e. The zero-order valence-corrected chi connectivity index (χ0v) is 14.0. The van der Waals surface area contributed by atoms with Crippen LogP contribution in [-0.2, 0) is 14.4 Å². The van der Waals surface area contributed by atoms with Crippen molar-refractivity contribution in [2.45, 2.75) is 12.6 Å². The largest absolute Gasteiger partial charge is 0.405 e. The molecular formula is C15H14ClF4N3O3. The van der Waals surface area contributed by atoms with Crippen molar-refractivity contribution in [3.05, 3.63) is 29.0 Å². The Morgan fingerprint density at radius 3 is 2.58 bits per heavy atom. The smallest absolute Gasteiger partial charge is 0.339 e. The molecule has 0 unspecified atom stereocenters. The van der Waals surface area contributed by atoms with E-state index in [1.165, 1.54) is 17.4 Å². The van der Waals surface area contributed by atoms with Crippen LogP contribution in [0.5, 0.6) is 0 Å². The highest BCUT2D eigenvalue weighted by molar-refractivity contribution is 6.35. The molecule has 1 fully saturated rings. The van der Waals surface area contributed by atoms with E-state index in [-0.39, 0.29) is 30.2 Å².